The van der Waals surface area contributed by atoms with Gasteiger partial charge in [-0.15, -0.1) is 5.10 Å². The van der Waals surface area contributed by atoms with Gasteiger partial charge in [-0.1, -0.05) is 6.07 Å². The summed E-state index contributed by atoms with van der Waals surface area (Å²) in [6.07, 6.45) is 11.5. The Morgan fingerprint density at radius 2 is 1.82 bits per heavy atom. The van der Waals surface area contributed by atoms with Crippen LogP contribution in [0.2, 0.25) is 0 Å². The smallest absolute Gasteiger partial charge is 0.212 e. The number of piperazine rings is 1. The van der Waals surface area contributed by atoms with Gasteiger partial charge in [-0.2, -0.15) is 10.4 Å². The summed E-state index contributed by atoms with van der Waals surface area (Å²) < 4.78 is 14.4. The maximum atomic E-state index is 9.92. The van der Waals surface area contributed by atoms with E-state index in [1.165, 1.54) is 5.56 Å². The lowest BCUT2D eigenvalue weighted by Crippen LogP contribution is -2.46. The Kier molecular flexibility index (Phi) is 7.55. The standard InChI is InChI=1S/C32H34N10O2/c1-43-30-5-2-22(16-36-30)19-39-8-10-40(11-9-39)29-4-3-23(17-35-29)27-14-24(20-42-31(27)28(15-33)32(34)38-42)25-18-37-41(21-25)26-6-12-44-13-7-26/h2-5,14,16-18,20-21,26H,6-13,19H2,1H3,(H2,34,38). The highest BCUT2D eigenvalue weighted by molar-refractivity contribution is 5.90. The third kappa shape index (κ3) is 5.43. The molecular weight excluding hydrogens is 556 g/mol. The molecule has 44 heavy (non-hydrogen) atoms. The van der Waals surface area contributed by atoms with Gasteiger partial charge in [0, 0.05) is 99.0 Å². The maximum Gasteiger partial charge on any atom is 0.212 e. The average Bonchev–Trinajstić information content (AvgIpc) is 3.70. The van der Waals surface area contributed by atoms with Crippen molar-refractivity contribution in [2.24, 2.45) is 0 Å². The first kappa shape index (κ1) is 27.8. The van der Waals surface area contributed by atoms with Crippen LogP contribution in [-0.2, 0) is 11.3 Å². The number of nitrogens with zero attached hydrogens (tertiary/aromatic N) is 9. The van der Waals surface area contributed by atoms with Crippen LogP contribution in [0.5, 0.6) is 5.88 Å². The minimum Gasteiger partial charge on any atom is -0.481 e. The number of nitrogens with two attached hydrogens (primary N) is 1. The quantitative estimate of drug-likeness (QED) is 0.298. The molecule has 2 fully saturated rings. The Labute approximate surface area is 255 Å². The molecule has 0 amide bonds. The lowest BCUT2D eigenvalue weighted by Gasteiger charge is -2.35. The molecule has 2 saturated heterocycles. The summed E-state index contributed by atoms with van der Waals surface area (Å²) in [4.78, 5) is 13.9. The molecule has 12 nitrogen and oxygen atoms in total. The number of hydrogen-bond donors (Lipinski definition) is 1. The van der Waals surface area contributed by atoms with Gasteiger partial charge in [0.05, 0.1) is 24.9 Å². The molecule has 0 atom stereocenters. The molecule has 2 aliphatic heterocycles. The predicted molar refractivity (Wildman–Crippen MR) is 166 cm³/mol. The zero-order valence-electron chi connectivity index (χ0n) is 24.6. The summed E-state index contributed by atoms with van der Waals surface area (Å²) in [6.45, 7) is 5.97. The molecule has 12 heteroatoms. The van der Waals surface area contributed by atoms with Gasteiger partial charge >= 0.3 is 0 Å². The summed E-state index contributed by atoms with van der Waals surface area (Å²) in [6, 6.07) is 12.7. The second kappa shape index (κ2) is 11.9. The van der Waals surface area contributed by atoms with E-state index in [1.807, 2.05) is 35.5 Å². The fourth-order valence-electron chi connectivity index (χ4n) is 6.07. The summed E-state index contributed by atoms with van der Waals surface area (Å²) in [7, 11) is 1.63. The summed E-state index contributed by atoms with van der Waals surface area (Å²) >= 11 is 0. The molecule has 0 radical (unpaired) electrons. The zero-order valence-corrected chi connectivity index (χ0v) is 24.6. The number of aromatic nitrogens is 6. The SMILES string of the molecule is COc1ccc(CN2CCN(c3ccc(-c4cc(-c5cnn(C6CCOCC6)c5)cn5nc(N)c(C#N)c45)cn3)CC2)cn1. The lowest BCUT2D eigenvalue weighted by atomic mass is 10.0. The van der Waals surface area contributed by atoms with Crippen LogP contribution in [0, 0.1) is 11.3 Å². The van der Waals surface area contributed by atoms with E-state index in [1.54, 1.807) is 11.6 Å². The van der Waals surface area contributed by atoms with Crippen molar-refractivity contribution in [3.63, 3.8) is 0 Å². The first-order chi connectivity index (χ1) is 21.6. The van der Waals surface area contributed by atoms with Crippen LogP contribution >= 0.6 is 0 Å². The van der Waals surface area contributed by atoms with Gasteiger partial charge in [0.1, 0.15) is 17.5 Å². The number of fused-ring (bicyclic) bond motifs is 1. The number of nitriles is 1. The monoisotopic (exact) mass is 590 g/mol. The first-order valence-corrected chi connectivity index (χ1v) is 14.9. The van der Waals surface area contributed by atoms with E-state index in [2.05, 4.69) is 61.5 Å². The van der Waals surface area contributed by atoms with Crippen LogP contribution < -0.4 is 15.4 Å². The second-order valence-corrected chi connectivity index (χ2v) is 11.2. The molecule has 224 valence electrons. The van der Waals surface area contributed by atoms with Crippen molar-refractivity contribution in [3.8, 4) is 34.2 Å². The molecule has 0 saturated carbocycles. The highest BCUT2D eigenvalue weighted by atomic mass is 16.5. The zero-order chi connectivity index (χ0) is 30.0. The van der Waals surface area contributed by atoms with Crippen LogP contribution in [0.25, 0.3) is 27.8 Å². The molecule has 5 aromatic heterocycles. The Hall–Kier alpha value is -4.99. The number of ether oxygens (including phenoxy) is 2. The molecule has 0 spiro atoms. The molecular formula is C32H34N10O2. The predicted octanol–water partition coefficient (Wildman–Crippen LogP) is 3.79. The van der Waals surface area contributed by atoms with Crippen molar-refractivity contribution in [1.82, 2.24) is 34.3 Å². The highest BCUT2D eigenvalue weighted by Gasteiger charge is 2.22. The number of hydrogen-bond acceptors (Lipinski definition) is 10. The number of methoxy groups -OCH3 is 1. The Bertz CT molecular complexity index is 1790. The fourth-order valence-corrected chi connectivity index (χ4v) is 6.07. The van der Waals surface area contributed by atoms with Gasteiger partial charge in [0.25, 0.3) is 0 Å². The highest BCUT2D eigenvalue weighted by Crippen LogP contribution is 2.34. The summed E-state index contributed by atoms with van der Waals surface area (Å²) in [5.74, 6) is 1.76. The van der Waals surface area contributed by atoms with Gasteiger partial charge < -0.3 is 20.1 Å². The van der Waals surface area contributed by atoms with Crippen molar-refractivity contribution in [3.05, 3.63) is 72.4 Å². The summed E-state index contributed by atoms with van der Waals surface area (Å²) in [5.41, 5.74) is 12.0. The third-order valence-electron chi connectivity index (χ3n) is 8.53. The van der Waals surface area contributed by atoms with Crippen LogP contribution in [0.1, 0.15) is 30.0 Å². The van der Waals surface area contributed by atoms with E-state index in [0.717, 1.165) is 86.9 Å². The number of nitrogen functional groups attached to an aromatic ring is 1. The molecule has 7 heterocycles. The minimum absolute atomic E-state index is 0.205. The fraction of sp³-hybridized carbons (Fsp3) is 0.344. The van der Waals surface area contributed by atoms with E-state index >= 15 is 0 Å². The number of rotatable bonds is 7. The molecule has 7 rings (SSSR count). The topological polar surface area (TPSA) is 136 Å². The lowest BCUT2D eigenvalue weighted by molar-refractivity contribution is 0.0662. The van der Waals surface area contributed by atoms with E-state index in [-0.39, 0.29) is 5.82 Å². The molecule has 2 aliphatic rings. The minimum atomic E-state index is 0.205. The number of anilines is 2. The Balaban J connectivity index is 1.12. The largest absolute Gasteiger partial charge is 0.481 e. The van der Waals surface area contributed by atoms with Crippen molar-refractivity contribution in [2.45, 2.75) is 25.4 Å². The molecule has 0 aromatic carbocycles. The van der Waals surface area contributed by atoms with Crippen LogP contribution in [0.4, 0.5) is 11.6 Å². The van der Waals surface area contributed by atoms with Gasteiger partial charge in [-0.25, -0.2) is 14.5 Å². The average molecular weight is 591 g/mol. The van der Waals surface area contributed by atoms with E-state index in [0.29, 0.717) is 23.0 Å². The van der Waals surface area contributed by atoms with Crippen molar-refractivity contribution in [1.29, 1.82) is 5.26 Å². The van der Waals surface area contributed by atoms with Gasteiger partial charge in [0.15, 0.2) is 5.82 Å². The number of pyridine rings is 3. The summed E-state index contributed by atoms with van der Waals surface area (Å²) in [5, 5.41) is 19.1. The molecule has 0 bridgehead atoms. The van der Waals surface area contributed by atoms with Crippen molar-refractivity contribution >= 4 is 17.2 Å². The van der Waals surface area contributed by atoms with Crippen molar-refractivity contribution in [2.75, 3.05) is 57.1 Å². The van der Waals surface area contributed by atoms with Crippen molar-refractivity contribution < 1.29 is 9.47 Å². The second-order valence-electron chi connectivity index (χ2n) is 11.2. The van der Waals surface area contributed by atoms with Crippen LogP contribution in [0.3, 0.4) is 0 Å². The van der Waals surface area contributed by atoms with E-state index in [9.17, 15) is 5.26 Å². The first-order valence-electron chi connectivity index (χ1n) is 14.9. The van der Waals surface area contributed by atoms with Gasteiger partial charge in [-0.3, -0.25) is 9.58 Å². The molecule has 5 aromatic rings. The normalized spacial score (nSPS) is 16.3. The Morgan fingerprint density at radius 3 is 2.52 bits per heavy atom. The third-order valence-corrected chi connectivity index (χ3v) is 8.53. The Morgan fingerprint density at radius 1 is 0.977 bits per heavy atom. The molecule has 2 N–H and O–H groups in total. The maximum absolute atomic E-state index is 9.92. The van der Waals surface area contributed by atoms with Crippen LogP contribution in [0.15, 0.2) is 61.3 Å². The van der Waals surface area contributed by atoms with E-state index < -0.39 is 0 Å². The molecule has 0 aliphatic carbocycles. The van der Waals surface area contributed by atoms with Gasteiger partial charge in [0.2, 0.25) is 5.88 Å². The van der Waals surface area contributed by atoms with Crippen LogP contribution in [-0.4, -0.2) is 80.8 Å². The molecule has 0 unspecified atom stereocenters. The van der Waals surface area contributed by atoms with Gasteiger partial charge in [-0.05, 0) is 36.6 Å². The van der Waals surface area contributed by atoms with E-state index in [4.69, 9.17) is 20.2 Å².